The maximum Gasteiger partial charge on any atom is 0.277 e. The van der Waals surface area contributed by atoms with E-state index in [1.165, 1.54) is 0 Å². The summed E-state index contributed by atoms with van der Waals surface area (Å²) in [5, 5.41) is 6.72. The first-order chi connectivity index (χ1) is 13.2. The fraction of sp³-hybridized carbons (Fsp3) is 0.211. The molecular weight excluding hydrogens is 605 g/mol. The van der Waals surface area contributed by atoms with Gasteiger partial charge in [-0.05, 0) is 94.3 Å². The van der Waals surface area contributed by atoms with Gasteiger partial charge < -0.3 is 10.1 Å². The van der Waals surface area contributed by atoms with Crippen molar-refractivity contribution in [1.82, 2.24) is 5.43 Å². The van der Waals surface area contributed by atoms with Gasteiger partial charge >= 0.3 is 0 Å². The lowest BCUT2D eigenvalue weighted by atomic mass is 10.2. The zero-order valence-electron chi connectivity index (χ0n) is 15.2. The van der Waals surface area contributed by atoms with E-state index < -0.39 is 5.91 Å². The molecule has 28 heavy (non-hydrogen) atoms. The summed E-state index contributed by atoms with van der Waals surface area (Å²) in [7, 11) is 0. The van der Waals surface area contributed by atoms with Crippen LogP contribution in [0.4, 0.5) is 5.69 Å². The van der Waals surface area contributed by atoms with Crippen molar-refractivity contribution < 1.29 is 14.3 Å². The van der Waals surface area contributed by atoms with Gasteiger partial charge in [-0.1, -0.05) is 15.9 Å². The molecule has 0 bridgehead atoms. The van der Waals surface area contributed by atoms with Crippen LogP contribution in [0.1, 0.15) is 18.9 Å². The molecule has 0 saturated carbocycles. The molecule has 2 N–H and O–H groups in total. The van der Waals surface area contributed by atoms with Crippen molar-refractivity contribution in [3.8, 4) is 5.75 Å². The molecule has 2 aromatic carbocycles. The summed E-state index contributed by atoms with van der Waals surface area (Å²) in [5.74, 6) is -0.0551. The molecule has 2 rings (SSSR count). The van der Waals surface area contributed by atoms with Crippen LogP contribution in [0.3, 0.4) is 0 Å². The van der Waals surface area contributed by atoms with Crippen LogP contribution in [0.25, 0.3) is 0 Å². The largest absolute Gasteiger partial charge is 0.483 e. The number of carbonyl (C=O) groups is 2. The van der Waals surface area contributed by atoms with Gasteiger partial charge in [-0.15, -0.1) is 0 Å². The van der Waals surface area contributed by atoms with Crippen molar-refractivity contribution in [2.24, 2.45) is 5.10 Å². The molecule has 6 nitrogen and oxygen atoms in total. The average Bonchev–Trinajstić information content (AvgIpc) is 2.63. The highest BCUT2D eigenvalue weighted by Crippen LogP contribution is 2.31. The molecule has 0 spiro atoms. The Labute approximate surface area is 193 Å². The van der Waals surface area contributed by atoms with E-state index in [9.17, 15) is 9.59 Å². The lowest BCUT2D eigenvalue weighted by Gasteiger charge is -2.10. The molecule has 0 aliphatic heterocycles. The van der Waals surface area contributed by atoms with Crippen LogP contribution >= 0.6 is 54.5 Å². The normalized spacial score (nSPS) is 11.1. The minimum atomic E-state index is -0.412. The molecule has 2 aromatic rings. The summed E-state index contributed by atoms with van der Waals surface area (Å²) in [6.07, 6.45) is 0.0740. The van der Waals surface area contributed by atoms with Gasteiger partial charge in [0, 0.05) is 19.4 Å². The first-order valence-corrected chi connectivity index (χ1v) is 10.9. The Morgan fingerprint density at radius 2 is 1.79 bits per heavy atom. The number of hydrogen-bond donors (Lipinski definition) is 2. The van der Waals surface area contributed by atoms with E-state index in [1.807, 2.05) is 43.3 Å². The van der Waals surface area contributed by atoms with E-state index >= 15 is 0 Å². The van der Waals surface area contributed by atoms with Crippen molar-refractivity contribution in [2.45, 2.75) is 20.3 Å². The monoisotopic (exact) mass is 621 g/mol. The molecule has 0 heterocycles. The molecule has 0 aliphatic rings. The van der Waals surface area contributed by atoms with Crippen molar-refractivity contribution in [2.75, 3.05) is 11.9 Å². The number of aryl methyl sites for hydroxylation is 1. The predicted molar refractivity (Wildman–Crippen MR) is 126 cm³/mol. The highest BCUT2D eigenvalue weighted by atomic mass is 127. The molecule has 0 atom stereocenters. The summed E-state index contributed by atoms with van der Waals surface area (Å²) in [6, 6.07) is 11.1. The Bertz CT molecular complexity index is 902. The predicted octanol–water partition coefficient (Wildman–Crippen LogP) is 5.02. The van der Waals surface area contributed by atoms with Crippen LogP contribution in [-0.2, 0) is 9.59 Å². The van der Waals surface area contributed by atoms with Crippen LogP contribution in [0.2, 0.25) is 0 Å². The number of benzene rings is 2. The van der Waals surface area contributed by atoms with Gasteiger partial charge in [0.2, 0.25) is 5.91 Å². The van der Waals surface area contributed by atoms with E-state index in [-0.39, 0.29) is 18.9 Å². The van der Waals surface area contributed by atoms with Gasteiger partial charge in [0.15, 0.2) is 6.61 Å². The van der Waals surface area contributed by atoms with Crippen molar-refractivity contribution >= 4 is 77.7 Å². The second-order valence-corrected chi connectivity index (χ2v) is 8.89. The van der Waals surface area contributed by atoms with Gasteiger partial charge in [0.25, 0.3) is 5.91 Å². The number of hydrogen-bond acceptors (Lipinski definition) is 4. The van der Waals surface area contributed by atoms with Crippen LogP contribution < -0.4 is 15.5 Å². The second-order valence-electron chi connectivity index (χ2n) is 5.93. The fourth-order valence-corrected chi connectivity index (χ4v) is 3.55. The lowest BCUT2D eigenvalue weighted by Crippen LogP contribution is -2.26. The minimum absolute atomic E-state index is 0.0740. The van der Waals surface area contributed by atoms with Crippen LogP contribution in [-0.4, -0.2) is 24.1 Å². The third kappa shape index (κ3) is 7.51. The van der Waals surface area contributed by atoms with E-state index in [0.717, 1.165) is 18.1 Å². The summed E-state index contributed by atoms with van der Waals surface area (Å²) >= 11 is 9.02. The number of halogens is 3. The molecule has 0 fully saturated rings. The molecule has 0 unspecified atom stereocenters. The van der Waals surface area contributed by atoms with E-state index in [1.54, 1.807) is 6.92 Å². The maximum atomic E-state index is 12.0. The standard InChI is InChI=1S/C19H18Br2IN3O3/c1-11-7-17(16(21)9-15(11)20)28-10-19(27)25-24-12(2)8-18(26)23-14-5-3-13(22)4-6-14/h3-7,9H,8,10H2,1-2H3,(H,23,26)(H,25,27)/b24-12+. The Balaban J connectivity index is 1.80. The molecule has 0 radical (unpaired) electrons. The number of nitrogens with zero attached hydrogens (tertiary/aromatic N) is 1. The Kier molecular flexibility index (Phi) is 8.90. The van der Waals surface area contributed by atoms with Gasteiger partial charge in [-0.2, -0.15) is 5.10 Å². The number of carbonyl (C=O) groups excluding carboxylic acids is 2. The van der Waals surface area contributed by atoms with Gasteiger partial charge in [-0.25, -0.2) is 5.43 Å². The van der Waals surface area contributed by atoms with Gasteiger partial charge in [0.05, 0.1) is 10.9 Å². The maximum absolute atomic E-state index is 12.0. The first-order valence-electron chi connectivity index (χ1n) is 8.20. The fourth-order valence-electron chi connectivity index (χ4n) is 2.09. The highest BCUT2D eigenvalue weighted by Gasteiger charge is 2.09. The number of ether oxygens (including phenoxy) is 1. The molecule has 0 aliphatic carbocycles. The third-order valence-electron chi connectivity index (χ3n) is 3.49. The number of amides is 2. The number of rotatable bonds is 7. The van der Waals surface area contributed by atoms with Crippen molar-refractivity contribution in [3.05, 3.63) is 54.5 Å². The van der Waals surface area contributed by atoms with Crippen LogP contribution in [0.5, 0.6) is 5.75 Å². The SMILES string of the molecule is C/C(CC(=O)Nc1ccc(I)cc1)=N\NC(=O)COc1cc(C)c(Br)cc1Br. The van der Waals surface area contributed by atoms with Crippen LogP contribution in [0.15, 0.2) is 50.4 Å². The lowest BCUT2D eigenvalue weighted by molar-refractivity contribution is -0.123. The molecule has 148 valence electrons. The van der Waals surface area contributed by atoms with E-state index in [0.29, 0.717) is 17.1 Å². The number of hydrazone groups is 1. The summed E-state index contributed by atoms with van der Waals surface area (Å²) in [4.78, 5) is 23.9. The molecule has 0 aromatic heterocycles. The Hall–Kier alpha value is -1.46. The van der Waals surface area contributed by atoms with Crippen LogP contribution in [0, 0.1) is 10.5 Å². The molecule has 9 heteroatoms. The van der Waals surface area contributed by atoms with Gasteiger partial charge in [0.1, 0.15) is 5.75 Å². The Morgan fingerprint density at radius 3 is 2.46 bits per heavy atom. The first kappa shape index (κ1) is 22.8. The molecule has 2 amide bonds. The second kappa shape index (κ2) is 10.9. The van der Waals surface area contributed by atoms with Crippen molar-refractivity contribution in [3.63, 3.8) is 0 Å². The smallest absolute Gasteiger partial charge is 0.277 e. The topological polar surface area (TPSA) is 79.8 Å². The number of anilines is 1. The highest BCUT2D eigenvalue weighted by molar-refractivity contribution is 14.1. The molecule has 0 saturated heterocycles. The average molecular weight is 623 g/mol. The zero-order valence-corrected chi connectivity index (χ0v) is 20.5. The number of nitrogens with one attached hydrogen (secondary N) is 2. The summed E-state index contributed by atoms with van der Waals surface area (Å²) in [6.45, 7) is 3.41. The summed E-state index contributed by atoms with van der Waals surface area (Å²) in [5.41, 5.74) is 4.58. The zero-order chi connectivity index (χ0) is 20.7. The quantitative estimate of drug-likeness (QED) is 0.259. The van der Waals surface area contributed by atoms with Gasteiger partial charge in [-0.3, -0.25) is 9.59 Å². The van der Waals surface area contributed by atoms with Crippen molar-refractivity contribution in [1.29, 1.82) is 0 Å². The van der Waals surface area contributed by atoms with E-state index in [2.05, 4.69) is 70.3 Å². The third-order valence-corrected chi connectivity index (χ3v) is 5.68. The minimum Gasteiger partial charge on any atom is -0.483 e. The summed E-state index contributed by atoms with van der Waals surface area (Å²) < 4.78 is 8.28. The molecular formula is C19H18Br2IN3O3. The van der Waals surface area contributed by atoms with E-state index in [4.69, 9.17) is 4.74 Å². The Morgan fingerprint density at radius 1 is 1.11 bits per heavy atom.